The van der Waals surface area contributed by atoms with Crippen LogP contribution in [0.2, 0.25) is 5.02 Å². The van der Waals surface area contributed by atoms with Gasteiger partial charge in [-0.25, -0.2) is 0 Å². The molecule has 100 valence electrons. The van der Waals surface area contributed by atoms with E-state index in [0.717, 1.165) is 21.5 Å². The molecule has 0 aliphatic rings. The SMILES string of the molecule is CNCc1cnc(C)cc1Oc1cc(Br)ccc1Cl. The average Bonchev–Trinajstić information content (AvgIpc) is 2.37. The number of benzene rings is 1. The Morgan fingerprint density at radius 1 is 1.32 bits per heavy atom. The molecule has 19 heavy (non-hydrogen) atoms. The molecule has 0 saturated heterocycles. The van der Waals surface area contributed by atoms with Crippen LogP contribution >= 0.6 is 27.5 Å². The molecule has 0 aliphatic heterocycles. The van der Waals surface area contributed by atoms with E-state index in [2.05, 4.69) is 26.2 Å². The number of hydrogen-bond acceptors (Lipinski definition) is 3. The number of rotatable bonds is 4. The van der Waals surface area contributed by atoms with Crippen LogP contribution in [0.25, 0.3) is 0 Å². The Morgan fingerprint density at radius 3 is 2.84 bits per heavy atom. The van der Waals surface area contributed by atoms with Crippen molar-refractivity contribution in [2.45, 2.75) is 13.5 Å². The minimum atomic E-state index is 0.577. The highest BCUT2D eigenvalue weighted by Gasteiger charge is 2.09. The topological polar surface area (TPSA) is 34.2 Å². The molecule has 0 aliphatic carbocycles. The summed E-state index contributed by atoms with van der Waals surface area (Å²) in [5, 5.41) is 3.67. The molecule has 0 spiro atoms. The van der Waals surface area contributed by atoms with Gasteiger partial charge in [0, 0.05) is 34.5 Å². The van der Waals surface area contributed by atoms with Gasteiger partial charge in [-0.3, -0.25) is 4.98 Å². The van der Waals surface area contributed by atoms with Gasteiger partial charge < -0.3 is 10.1 Å². The maximum absolute atomic E-state index is 6.14. The summed E-state index contributed by atoms with van der Waals surface area (Å²) in [6.45, 7) is 2.62. The summed E-state index contributed by atoms with van der Waals surface area (Å²) in [5.41, 5.74) is 1.89. The molecule has 2 aromatic rings. The van der Waals surface area contributed by atoms with Crippen molar-refractivity contribution in [2.24, 2.45) is 0 Å². The molecule has 0 saturated carbocycles. The molecule has 0 amide bonds. The van der Waals surface area contributed by atoms with Gasteiger partial charge in [-0.2, -0.15) is 0 Å². The third-order valence-electron chi connectivity index (χ3n) is 2.56. The first-order valence-corrected chi connectivity index (χ1v) is 7.00. The quantitative estimate of drug-likeness (QED) is 0.899. The lowest BCUT2D eigenvalue weighted by Gasteiger charge is -2.12. The Balaban J connectivity index is 2.36. The van der Waals surface area contributed by atoms with Crippen molar-refractivity contribution in [1.29, 1.82) is 0 Å². The fourth-order valence-corrected chi connectivity index (χ4v) is 2.15. The van der Waals surface area contributed by atoms with Crippen molar-refractivity contribution in [1.82, 2.24) is 10.3 Å². The molecule has 5 heteroatoms. The summed E-state index contributed by atoms with van der Waals surface area (Å²) in [5.74, 6) is 1.39. The normalized spacial score (nSPS) is 10.5. The lowest BCUT2D eigenvalue weighted by molar-refractivity contribution is 0.472. The van der Waals surface area contributed by atoms with Crippen LogP contribution in [0, 0.1) is 6.92 Å². The summed E-state index contributed by atoms with van der Waals surface area (Å²) in [7, 11) is 1.88. The third kappa shape index (κ3) is 3.69. The molecule has 0 bridgehead atoms. The Labute approximate surface area is 126 Å². The first-order valence-electron chi connectivity index (χ1n) is 5.83. The second kappa shape index (κ2) is 6.37. The summed E-state index contributed by atoms with van der Waals surface area (Å²) >= 11 is 9.55. The van der Waals surface area contributed by atoms with Gasteiger partial charge in [0.15, 0.2) is 0 Å². The standard InChI is InChI=1S/C14H14BrClN2O/c1-9-5-13(10(7-17-2)8-18-9)19-14-6-11(15)3-4-12(14)16/h3-6,8,17H,7H2,1-2H3. The molecule has 1 aromatic heterocycles. The van der Waals surface area contributed by atoms with Crippen molar-refractivity contribution >= 4 is 27.5 Å². The van der Waals surface area contributed by atoms with Crippen LogP contribution in [0.5, 0.6) is 11.5 Å². The molecule has 1 aromatic carbocycles. The lowest BCUT2D eigenvalue weighted by Crippen LogP contribution is -2.07. The van der Waals surface area contributed by atoms with E-state index in [9.17, 15) is 0 Å². The average molecular weight is 342 g/mol. The van der Waals surface area contributed by atoms with Crippen molar-refractivity contribution in [2.75, 3.05) is 7.05 Å². The number of hydrogen-bond donors (Lipinski definition) is 1. The first kappa shape index (κ1) is 14.3. The molecular weight excluding hydrogens is 328 g/mol. The third-order valence-corrected chi connectivity index (χ3v) is 3.37. The molecule has 3 nitrogen and oxygen atoms in total. The highest BCUT2D eigenvalue weighted by Crippen LogP contribution is 2.33. The Bertz CT molecular complexity index is 590. The fourth-order valence-electron chi connectivity index (χ4n) is 1.66. The van der Waals surface area contributed by atoms with Gasteiger partial charge >= 0.3 is 0 Å². The highest BCUT2D eigenvalue weighted by molar-refractivity contribution is 9.10. The highest BCUT2D eigenvalue weighted by atomic mass is 79.9. The van der Waals surface area contributed by atoms with Gasteiger partial charge in [0.1, 0.15) is 11.5 Å². The lowest BCUT2D eigenvalue weighted by atomic mass is 10.2. The molecule has 1 N–H and O–H groups in total. The van der Waals surface area contributed by atoms with E-state index in [1.165, 1.54) is 0 Å². The second-order valence-corrected chi connectivity index (χ2v) is 5.46. The van der Waals surface area contributed by atoms with E-state index >= 15 is 0 Å². The Kier molecular flexibility index (Phi) is 4.80. The van der Waals surface area contributed by atoms with Gasteiger partial charge in [-0.15, -0.1) is 0 Å². The monoisotopic (exact) mass is 340 g/mol. The van der Waals surface area contributed by atoms with E-state index in [0.29, 0.717) is 17.3 Å². The van der Waals surface area contributed by atoms with Crippen molar-refractivity contribution < 1.29 is 4.74 Å². The molecule has 0 fully saturated rings. The zero-order valence-corrected chi connectivity index (χ0v) is 13.0. The predicted molar refractivity (Wildman–Crippen MR) is 81.0 cm³/mol. The van der Waals surface area contributed by atoms with E-state index in [1.807, 2.05) is 38.4 Å². The smallest absolute Gasteiger partial charge is 0.147 e. The van der Waals surface area contributed by atoms with E-state index in [-0.39, 0.29) is 0 Å². The fraction of sp³-hybridized carbons (Fsp3) is 0.214. The van der Waals surface area contributed by atoms with Crippen molar-refractivity contribution in [3.05, 3.63) is 51.2 Å². The van der Waals surface area contributed by atoms with Crippen LogP contribution in [0.15, 0.2) is 34.9 Å². The van der Waals surface area contributed by atoms with Gasteiger partial charge in [0.25, 0.3) is 0 Å². The largest absolute Gasteiger partial charge is 0.455 e. The summed E-state index contributed by atoms with van der Waals surface area (Å²) < 4.78 is 6.84. The van der Waals surface area contributed by atoms with E-state index in [1.54, 1.807) is 6.07 Å². The number of pyridine rings is 1. The first-order chi connectivity index (χ1) is 9.10. The molecule has 1 heterocycles. The van der Waals surface area contributed by atoms with Crippen LogP contribution in [0.3, 0.4) is 0 Å². The number of aromatic nitrogens is 1. The van der Waals surface area contributed by atoms with Gasteiger partial charge in [0.2, 0.25) is 0 Å². The summed E-state index contributed by atoms with van der Waals surface area (Å²) in [4.78, 5) is 4.28. The van der Waals surface area contributed by atoms with Crippen LogP contribution < -0.4 is 10.1 Å². The molecule has 0 radical (unpaired) electrons. The minimum absolute atomic E-state index is 0.577. The molecule has 0 unspecified atom stereocenters. The molecule has 2 rings (SSSR count). The van der Waals surface area contributed by atoms with Gasteiger partial charge in [-0.05, 0) is 32.2 Å². The minimum Gasteiger partial charge on any atom is -0.455 e. The van der Waals surface area contributed by atoms with Crippen LogP contribution in [-0.4, -0.2) is 12.0 Å². The summed E-state index contributed by atoms with van der Waals surface area (Å²) in [6, 6.07) is 7.43. The van der Waals surface area contributed by atoms with Crippen LogP contribution in [0.1, 0.15) is 11.3 Å². The number of aryl methyl sites for hydroxylation is 1. The zero-order chi connectivity index (χ0) is 13.8. The van der Waals surface area contributed by atoms with Gasteiger partial charge in [0.05, 0.1) is 5.02 Å². The number of nitrogens with one attached hydrogen (secondary N) is 1. The van der Waals surface area contributed by atoms with Crippen molar-refractivity contribution in [3.63, 3.8) is 0 Å². The molecular formula is C14H14BrClN2O. The molecule has 0 atom stereocenters. The van der Waals surface area contributed by atoms with E-state index in [4.69, 9.17) is 16.3 Å². The Morgan fingerprint density at radius 2 is 2.11 bits per heavy atom. The number of halogens is 2. The van der Waals surface area contributed by atoms with Gasteiger partial charge in [-0.1, -0.05) is 27.5 Å². The maximum atomic E-state index is 6.14. The van der Waals surface area contributed by atoms with Crippen LogP contribution in [-0.2, 0) is 6.54 Å². The van der Waals surface area contributed by atoms with E-state index < -0.39 is 0 Å². The number of ether oxygens (including phenoxy) is 1. The summed E-state index contributed by atoms with van der Waals surface area (Å²) in [6.07, 6.45) is 1.81. The zero-order valence-electron chi connectivity index (χ0n) is 10.7. The Hall–Kier alpha value is -1.10. The van der Waals surface area contributed by atoms with Crippen molar-refractivity contribution in [3.8, 4) is 11.5 Å². The maximum Gasteiger partial charge on any atom is 0.147 e. The number of nitrogens with zero attached hydrogens (tertiary/aromatic N) is 1. The van der Waals surface area contributed by atoms with Crippen LogP contribution in [0.4, 0.5) is 0 Å². The second-order valence-electron chi connectivity index (χ2n) is 4.14. The predicted octanol–water partition coefficient (Wildman–Crippen LogP) is 4.32.